The molecule has 2 aromatic rings. The van der Waals surface area contributed by atoms with Gasteiger partial charge in [-0.1, -0.05) is 11.6 Å². The lowest BCUT2D eigenvalue weighted by Crippen LogP contribution is -2.58. The van der Waals surface area contributed by atoms with Crippen LogP contribution >= 0.6 is 11.6 Å². The highest BCUT2D eigenvalue weighted by Crippen LogP contribution is 2.25. The molecule has 1 saturated heterocycles. The number of fused-ring (bicyclic) bond motifs is 1. The molecule has 2 aliphatic rings. The fourth-order valence-electron chi connectivity index (χ4n) is 4.57. The summed E-state index contributed by atoms with van der Waals surface area (Å²) in [5.74, 6) is 0.814. The Balaban J connectivity index is 1.34. The fraction of sp³-hybridized carbons (Fsp3) is 0.619. The molecule has 2 fully saturated rings. The molecule has 1 aliphatic carbocycles. The van der Waals surface area contributed by atoms with Crippen molar-refractivity contribution in [1.82, 2.24) is 19.8 Å². The lowest BCUT2D eigenvalue weighted by Gasteiger charge is -2.43. The van der Waals surface area contributed by atoms with Crippen LogP contribution in [0.1, 0.15) is 31.5 Å². The number of nitrogens with zero attached hydrogens (tertiary/aromatic N) is 3. The fourth-order valence-corrected chi connectivity index (χ4v) is 4.74. The summed E-state index contributed by atoms with van der Waals surface area (Å²) in [4.78, 5) is 19.5. The van der Waals surface area contributed by atoms with Gasteiger partial charge in [0.2, 0.25) is 5.91 Å². The van der Waals surface area contributed by atoms with Crippen LogP contribution in [0, 0.1) is 0 Å². The smallest absolute Gasteiger partial charge is 0.220 e. The standard InChI is InChI=1S/C21H29ClN4O3/c1-25-17-6-5-14(22)13-16(17)23-19(25)7-8-20(27)24-15-3-2-4-18(21(15)28)26-9-11-29-12-10-26/h5-6,13,15,18,21,28H,2-4,7-12H2,1H3,(H,24,27)/t15-,18-,21-/m1/s1. The van der Waals surface area contributed by atoms with Gasteiger partial charge >= 0.3 is 0 Å². The number of aromatic nitrogens is 2. The number of aryl methyl sites for hydroxylation is 2. The number of aliphatic hydroxyl groups is 1. The van der Waals surface area contributed by atoms with Gasteiger partial charge in [-0.15, -0.1) is 0 Å². The Hall–Kier alpha value is -1.67. The number of hydrogen-bond donors (Lipinski definition) is 2. The van der Waals surface area contributed by atoms with Crippen LogP contribution in [0.3, 0.4) is 0 Å². The van der Waals surface area contributed by atoms with Crippen LogP contribution in [-0.2, 0) is 23.0 Å². The number of imidazole rings is 1. The van der Waals surface area contributed by atoms with Gasteiger partial charge in [-0.3, -0.25) is 9.69 Å². The van der Waals surface area contributed by atoms with Crippen LogP contribution in [-0.4, -0.2) is 70.0 Å². The first-order valence-corrected chi connectivity index (χ1v) is 10.8. The first kappa shape index (κ1) is 20.6. The average Bonchev–Trinajstić information content (AvgIpc) is 3.03. The number of benzene rings is 1. The highest BCUT2D eigenvalue weighted by molar-refractivity contribution is 6.31. The third-order valence-electron chi connectivity index (χ3n) is 6.19. The third-order valence-corrected chi connectivity index (χ3v) is 6.43. The maximum Gasteiger partial charge on any atom is 0.220 e. The van der Waals surface area contributed by atoms with Crippen molar-refractivity contribution in [2.45, 2.75) is 50.3 Å². The lowest BCUT2D eigenvalue weighted by atomic mass is 9.86. The molecule has 8 heteroatoms. The Bertz CT molecular complexity index is 865. The van der Waals surface area contributed by atoms with Crippen molar-refractivity contribution >= 4 is 28.5 Å². The Morgan fingerprint density at radius 1 is 1.34 bits per heavy atom. The average molecular weight is 421 g/mol. The molecule has 4 rings (SSSR count). The van der Waals surface area contributed by atoms with Crippen LogP contribution in [0.25, 0.3) is 11.0 Å². The topological polar surface area (TPSA) is 79.6 Å². The molecule has 0 spiro atoms. The van der Waals surface area contributed by atoms with Crippen molar-refractivity contribution in [3.63, 3.8) is 0 Å². The van der Waals surface area contributed by atoms with E-state index in [1.54, 1.807) is 0 Å². The summed E-state index contributed by atoms with van der Waals surface area (Å²) in [6.07, 6.45) is 3.15. The number of hydrogen-bond acceptors (Lipinski definition) is 5. The van der Waals surface area contributed by atoms with Crippen molar-refractivity contribution in [2.24, 2.45) is 7.05 Å². The monoisotopic (exact) mass is 420 g/mol. The van der Waals surface area contributed by atoms with Crippen LogP contribution in [0.2, 0.25) is 5.02 Å². The van der Waals surface area contributed by atoms with Crippen molar-refractivity contribution in [3.05, 3.63) is 29.0 Å². The number of carbonyl (C=O) groups excluding carboxylic acids is 1. The summed E-state index contributed by atoms with van der Waals surface area (Å²) in [6.45, 7) is 3.12. The van der Waals surface area contributed by atoms with Crippen molar-refractivity contribution < 1.29 is 14.6 Å². The second kappa shape index (κ2) is 9.00. The Morgan fingerprint density at radius 3 is 2.93 bits per heavy atom. The second-order valence-corrected chi connectivity index (χ2v) is 8.47. The molecular formula is C21H29ClN4O3. The first-order valence-electron chi connectivity index (χ1n) is 10.4. The van der Waals surface area contributed by atoms with Gasteiger partial charge in [0.05, 0.1) is 36.4 Å². The predicted molar refractivity (Wildman–Crippen MR) is 112 cm³/mol. The highest BCUT2D eigenvalue weighted by atomic mass is 35.5. The summed E-state index contributed by atoms with van der Waals surface area (Å²) in [5.41, 5.74) is 1.84. The zero-order valence-corrected chi connectivity index (χ0v) is 17.6. The Morgan fingerprint density at radius 2 is 2.14 bits per heavy atom. The van der Waals surface area contributed by atoms with E-state index >= 15 is 0 Å². The van der Waals surface area contributed by atoms with E-state index in [9.17, 15) is 9.90 Å². The van der Waals surface area contributed by atoms with E-state index in [4.69, 9.17) is 16.3 Å². The number of aliphatic hydroxyl groups excluding tert-OH is 1. The SMILES string of the molecule is Cn1c(CCC(=O)N[C@@H]2CCC[C@@H](N3CCOCC3)[C@@H]2O)nc2cc(Cl)ccc21. The van der Waals surface area contributed by atoms with Crippen molar-refractivity contribution in [2.75, 3.05) is 26.3 Å². The molecule has 1 aliphatic heterocycles. The summed E-state index contributed by atoms with van der Waals surface area (Å²) in [7, 11) is 1.95. The summed E-state index contributed by atoms with van der Waals surface area (Å²) >= 11 is 6.05. The van der Waals surface area contributed by atoms with Crippen LogP contribution in [0.5, 0.6) is 0 Å². The van der Waals surface area contributed by atoms with E-state index in [0.29, 0.717) is 31.1 Å². The minimum Gasteiger partial charge on any atom is -0.389 e. The summed E-state index contributed by atoms with van der Waals surface area (Å²) < 4.78 is 7.42. The van der Waals surface area contributed by atoms with Gasteiger partial charge in [-0.25, -0.2) is 4.98 Å². The minimum atomic E-state index is -0.538. The number of carbonyl (C=O) groups is 1. The first-order chi connectivity index (χ1) is 14.0. The van der Waals surface area contributed by atoms with E-state index in [1.165, 1.54) is 0 Å². The summed E-state index contributed by atoms with van der Waals surface area (Å²) in [5, 5.41) is 14.6. The molecule has 1 amide bonds. The van der Waals surface area contributed by atoms with Crippen LogP contribution in [0.15, 0.2) is 18.2 Å². The third kappa shape index (κ3) is 4.58. The van der Waals surface area contributed by atoms with Gasteiger partial charge in [0, 0.05) is 44.0 Å². The maximum absolute atomic E-state index is 12.6. The minimum absolute atomic E-state index is 0.0400. The molecule has 158 valence electrons. The number of halogens is 1. The van der Waals surface area contributed by atoms with Gasteiger partial charge < -0.3 is 19.7 Å². The molecule has 0 bridgehead atoms. The van der Waals surface area contributed by atoms with E-state index in [-0.39, 0.29) is 18.0 Å². The maximum atomic E-state index is 12.6. The largest absolute Gasteiger partial charge is 0.389 e. The molecule has 29 heavy (non-hydrogen) atoms. The number of amides is 1. The van der Waals surface area contributed by atoms with Gasteiger partial charge in [0.25, 0.3) is 0 Å². The molecule has 2 heterocycles. The van der Waals surface area contributed by atoms with Crippen molar-refractivity contribution in [3.8, 4) is 0 Å². The Kier molecular flexibility index (Phi) is 6.39. The second-order valence-electron chi connectivity index (χ2n) is 8.03. The van der Waals surface area contributed by atoms with Gasteiger partial charge in [-0.2, -0.15) is 0 Å². The van der Waals surface area contributed by atoms with E-state index < -0.39 is 6.10 Å². The Labute approximate surface area is 176 Å². The molecule has 1 aromatic carbocycles. The van der Waals surface area contributed by atoms with Crippen LogP contribution in [0.4, 0.5) is 0 Å². The predicted octanol–water partition coefficient (Wildman–Crippen LogP) is 1.89. The molecule has 3 atom stereocenters. The quantitative estimate of drug-likeness (QED) is 0.772. The number of rotatable bonds is 5. The van der Waals surface area contributed by atoms with E-state index in [2.05, 4.69) is 15.2 Å². The molecular weight excluding hydrogens is 392 g/mol. The lowest BCUT2D eigenvalue weighted by molar-refractivity contribution is -0.124. The van der Waals surface area contributed by atoms with E-state index in [1.807, 2.05) is 29.8 Å². The van der Waals surface area contributed by atoms with Gasteiger partial charge in [0.1, 0.15) is 5.82 Å². The highest BCUT2D eigenvalue weighted by Gasteiger charge is 2.36. The van der Waals surface area contributed by atoms with E-state index in [0.717, 1.165) is 49.2 Å². The molecule has 2 N–H and O–H groups in total. The normalized spacial score (nSPS) is 26.0. The number of morpholine rings is 1. The number of ether oxygens (including phenoxy) is 1. The van der Waals surface area contributed by atoms with Gasteiger partial charge in [0.15, 0.2) is 0 Å². The van der Waals surface area contributed by atoms with Crippen LogP contribution < -0.4 is 5.32 Å². The zero-order chi connectivity index (χ0) is 20.4. The van der Waals surface area contributed by atoms with Crippen molar-refractivity contribution in [1.29, 1.82) is 0 Å². The zero-order valence-electron chi connectivity index (χ0n) is 16.8. The molecule has 1 aromatic heterocycles. The molecule has 0 unspecified atom stereocenters. The molecule has 1 saturated carbocycles. The summed E-state index contributed by atoms with van der Waals surface area (Å²) in [6, 6.07) is 5.53. The number of nitrogens with one attached hydrogen (secondary N) is 1. The van der Waals surface area contributed by atoms with Gasteiger partial charge in [-0.05, 0) is 37.5 Å². The molecule has 0 radical (unpaired) electrons. The molecule has 7 nitrogen and oxygen atoms in total.